The summed E-state index contributed by atoms with van der Waals surface area (Å²) in [6.07, 6.45) is 6.59. The molecule has 2 aliphatic rings. The SMILES string of the molecule is c1cc2c(cc1CC1CCCCN1)SCC2. The second-order valence-corrected chi connectivity index (χ2v) is 6.03. The van der Waals surface area contributed by atoms with E-state index in [2.05, 4.69) is 23.5 Å². The summed E-state index contributed by atoms with van der Waals surface area (Å²) in [4.78, 5) is 1.54. The Morgan fingerprint density at radius 3 is 3.19 bits per heavy atom. The van der Waals surface area contributed by atoms with E-state index in [1.807, 2.05) is 11.8 Å². The molecule has 86 valence electrons. The molecule has 1 nitrogen and oxygen atoms in total. The third-order valence-electron chi connectivity index (χ3n) is 3.66. The normalized spacial score (nSPS) is 24.4. The smallest absolute Gasteiger partial charge is 0.0107 e. The van der Waals surface area contributed by atoms with Gasteiger partial charge in [-0.2, -0.15) is 0 Å². The molecule has 2 aliphatic heterocycles. The van der Waals surface area contributed by atoms with Crippen molar-refractivity contribution in [3.63, 3.8) is 0 Å². The topological polar surface area (TPSA) is 12.0 Å². The molecule has 0 bridgehead atoms. The van der Waals surface area contributed by atoms with Crippen LogP contribution < -0.4 is 5.32 Å². The molecule has 3 rings (SSSR count). The molecule has 0 spiro atoms. The molecule has 2 heteroatoms. The van der Waals surface area contributed by atoms with Crippen LogP contribution in [0.5, 0.6) is 0 Å². The number of piperidine rings is 1. The van der Waals surface area contributed by atoms with Crippen molar-refractivity contribution in [2.75, 3.05) is 12.3 Å². The van der Waals surface area contributed by atoms with Gasteiger partial charge in [0.1, 0.15) is 0 Å². The van der Waals surface area contributed by atoms with Crippen LogP contribution in [0.2, 0.25) is 0 Å². The number of nitrogens with one attached hydrogen (secondary N) is 1. The zero-order valence-electron chi connectivity index (χ0n) is 9.67. The summed E-state index contributed by atoms with van der Waals surface area (Å²) in [5.74, 6) is 1.28. The highest BCUT2D eigenvalue weighted by Gasteiger charge is 2.15. The van der Waals surface area contributed by atoms with E-state index in [0.29, 0.717) is 0 Å². The molecule has 16 heavy (non-hydrogen) atoms. The van der Waals surface area contributed by atoms with Crippen LogP contribution in [0.25, 0.3) is 0 Å². The number of thioether (sulfide) groups is 1. The van der Waals surface area contributed by atoms with E-state index in [0.717, 1.165) is 6.04 Å². The highest BCUT2D eigenvalue weighted by atomic mass is 32.2. The average molecular weight is 233 g/mol. The predicted molar refractivity (Wildman–Crippen MR) is 70.2 cm³/mol. The van der Waals surface area contributed by atoms with Gasteiger partial charge < -0.3 is 5.32 Å². The number of rotatable bonds is 2. The summed E-state index contributed by atoms with van der Waals surface area (Å²) in [5.41, 5.74) is 3.08. The standard InChI is InChI=1S/C14H19NS/c1-2-7-15-13(3-1)9-11-4-5-12-6-8-16-14(12)10-11/h4-5,10,13,15H,1-3,6-9H2. The molecule has 0 aromatic heterocycles. The fourth-order valence-corrected chi connectivity index (χ4v) is 3.85. The van der Waals surface area contributed by atoms with Gasteiger partial charge in [-0.25, -0.2) is 0 Å². The van der Waals surface area contributed by atoms with Crippen molar-refractivity contribution in [2.24, 2.45) is 0 Å². The number of hydrogen-bond acceptors (Lipinski definition) is 2. The van der Waals surface area contributed by atoms with E-state index in [1.165, 1.54) is 54.9 Å². The van der Waals surface area contributed by atoms with Crippen molar-refractivity contribution in [2.45, 2.75) is 43.0 Å². The molecule has 0 amide bonds. The molecule has 0 saturated carbocycles. The Hall–Kier alpha value is -0.470. The number of fused-ring (bicyclic) bond motifs is 1. The highest BCUT2D eigenvalue weighted by molar-refractivity contribution is 7.99. The third-order valence-corrected chi connectivity index (χ3v) is 4.75. The van der Waals surface area contributed by atoms with Gasteiger partial charge in [0, 0.05) is 16.7 Å². The minimum Gasteiger partial charge on any atom is -0.314 e. The van der Waals surface area contributed by atoms with Gasteiger partial charge in [0.05, 0.1) is 0 Å². The Balaban J connectivity index is 1.69. The third kappa shape index (κ3) is 2.28. The van der Waals surface area contributed by atoms with Gasteiger partial charge in [0.15, 0.2) is 0 Å². The van der Waals surface area contributed by atoms with Crippen molar-refractivity contribution in [1.29, 1.82) is 0 Å². The van der Waals surface area contributed by atoms with Gasteiger partial charge in [-0.1, -0.05) is 18.6 Å². The van der Waals surface area contributed by atoms with Crippen LogP contribution >= 0.6 is 11.8 Å². The number of hydrogen-bond donors (Lipinski definition) is 1. The summed E-state index contributed by atoms with van der Waals surface area (Å²) < 4.78 is 0. The van der Waals surface area contributed by atoms with Crippen LogP contribution in [0.3, 0.4) is 0 Å². The molecule has 1 aromatic rings. The van der Waals surface area contributed by atoms with Gasteiger partial charge in [-0.3, -0.25) is 0 Å². The van der Waals surface area contributed by atoms with Crippen LogP contribution in [-0.4, -0.2) is 18.3 Å². The molecule has 1 atom stereocenters. The Morgan fingerprint density at radius 2 is 2.31 bits per heavy atom. The summed E-state index contributed by atoms with van der Waals surface area (Å²) in [5, 5.41) is 3.63. The fourth-order valence-electron chi connectivity index (χ4n) is 2.72. The van der Waals surface area contributed by atoms with Gasteiger partial charge in [-0.15, -0.1) is 11.8 Å². The van der Waals surface area contributed by atoms with Crippen LogP contribution in [0.15, 0.2) is 23.1 Å². The van der Waals surface area contributed by atoms with E-state index in [4.69, 9.17) is 0 Å². The molecule has 1 fully saturated rings. The maximum absolute atomic E-state index is 3.63. The lowest BCUT2D eigenvalue weighted by molar-refractivity contribution is 0.399. The largest absolute Gasteiger partial charge is 0.314 e. The van der Waals surface area contributed by atoms with Gasteiger partial charge >= 0.3 is 0 Å². The lowest BCUT2D eigenvalue weighted by atomic mass is 9.97. The van der Waals surface area contributed by atoms with E-state index in [-0.39, 0.29) is 0 Å². The molecule has 1 N–H and O–H groups in total. The predicted octanol–water partition coefficient (Wildman–Crippen LogP) is 3.02. The summed E-state index contributed by atoms with van der Waals surface area (Å²) >= 11 is 2.02. The second kappa shape index (κ2) is 4.80. The molecule has 2 heterocycles. The van der Waals surface area contributed by atoms with E-state index in [1.54, 1.807) is 5.56 Å². The first kappa shape index (κ1) is 10.7. The van der Waals surface area contributed by atoms with E-state index in [9.17, 15) is 0 Å². The average Bonchev–Trinajstić information content (AvgIpc) is 2.77. The lowest BCUT2D eigenvalue weighted by Gasteiger charge is -2.23. The van der Waals surface area contributed by atoms with E-state index >= 15 is 0 Å². The maximum Gasteiger partial charge on any atom is 0.0107 e. The van der Waals surface area contributed by atoms with Crippen LogP contribution in [0.1, 0.15) is 30.4 Å². The number of benzene rings is 1. The van der Waals surface area contributed by atoms with Gasteiger partial charge in [0.2, 0.25) is 0 Å². The maximum atomic E-state index is 3.63. The number of aryl methyl sites for hydroxylation is 1. The minimum absolute atomic E-state index is 0.721. The monoisotopic (exact) mass is 233 g/mol. The van der Waals surface area contributed by atoms with E-state index < -0.39 is 0 Å². The Morgan fingerprint density at radius 1 is 1.31 bits per heavy atom. The Labute approximate surface area is 102 Å². The van der Waals surface area contributed by atoms with Crippen molar-refractivity contribution in [1.82, 2.24) is 5.32 Å². The zero-order chi connectivity index (χ0) is 10.8. The summed E-state index contributed by atoms with van der Waals surface area (Å²) in [7, 11) is 0. The Bertz CT molecular complexity index is 369. The molecule has 1 unspecified atom stereocenters. The summed E-state index contributed by atoms with van der Waals surface area (Å²) in [6, 6.07) is 7.82. The Kier molecular flexibility index (Phi) is 3.20. The quantitative estimate of drug-likeness (QED) is 0.842. The molecule has 0 aliphatic carbocycles. The fraction of sp³-hybridized carbons (Fsp3) is 0.571. The molecular formula is C14H19NS. The lowest BCUT2D eigenvalue weighted by Crippen LogP contribution is -2.35. The van der Waals surface area contributed by atoms with Crippen molar-refractivity contribution < 1.29 is 0 Å². The zero-order valence-corrected chi connectivity index (χ0v) is 10.5. The van der Waals surface area contributed by atoms with Gasteiger partial charge in [0.25, 0.3) is 0 Å². The first-order valence-corrected chi connectivity index (χ1v) is 7.38. The minimum atomic E-state index is 0.721. The highest BCUT2D eigenvalue weighted by Crippen LogP contribution is 2.32. The first-order chi connectivity index (χ1) is 7.92. The first-order valence-electron chi connectivity index (χ1n) is 6.40. The van der Waals surface area contributed by atoms with Crippen molar-refractivity contribution in [3.8, 4) is 0 Å². The van der Waals surface area contributed by atoms with Crippen LogP contribution in [-0.2, 0) is 12.8 Å². The van der Waals surface area contributed by atoms with Crippen molar-refractivity contribution >= 4 is 11.8 Å². The molecule has 0 radical (unpaired) electrons. The molecular weight excluding hydrogens is 214 g/mol. The van der Waals surface area contributed by atoms with Crippen LogP contribution in [0, 0.1) is 0 Å². The molecule has 1 saturated heterocycles. The summed E-state index contributed by atoms with van der Waals surface area (Å²) in [6.45, 7) is 1.21. The van der Waals surface area contributed by atoms with Gasteiger partial charge in [-0.05, 0) is 49.4 Å². The van der Waals surface area contributed by atoms with Crippen molar-refractivity contribution in [3.05, 3.63) is 29.3 Å². The second-order valence-electron chi connectivity index (χ2n) is 4.89. The van der Waals surface area contributed by atoms with Crippen LogP contribution in [0.4, 0.5) is 0 Å². The molecule has 1 aromatic carbocycles.